The molecule has 2 aromatic rings. The van der Waals surface area contributed by atoms with Gasteiger partial charge in [0.1, 0.15) is 6.23 Å². The van der Waals surface area contributed by atoms with Gasteiger partial charge in [0.05, 0.1) is 4.90 Å². The zero-order valence-electron chi connectivity index (χ0n) is 20.9. The van der Waals surface area contributed by atoms with Crippen molar-refractivity contribution in [2.75, 3.05) is 7.11 Å². The van der Waals surface area contributed by atoms with Crippen molar-refractivity contribution in [1.82, 2.24) is 15.4 Å². The van der Waals surface area contributed by atoms with Crippen LogP contribution in [0.4, 0.5) is 4.79 Å². The van der Waals surface area contributed by atoms with Crippen LogP contribution in [0.3, 0.4) is 0 Å². The van der Waals surface area contributed by atoms with Crippen LogP contribution in [0.15, 0.2) is 59.5 Å². The second-order valence-electron chi connectivity index (χ2n) is 9.94. The number of rotatable bonds is 8. The van der Waals surface area contributed by atoms with E-state index in [0.717, 1.165) is 12.0 Å². The van der Waals surface area contributed by atoms with E-state index in [2.05, 4.69) is 43.1 Å². The van der Waals surface area contributed by atoms with Gasteiger partial charge in [0.15, 0.2) is 0 Å². The summed E-state index contributed by atoms with van der Waals surface area (Å²) in [6, 6.07) is 14.1. The first-order chi connectivity index (χ1) is 16.4. The van der Waals surface area contributed by atoms with Crippen LogP contribution in [0.2, 0.25) is 0 Å². The Morgan fingerprint density at radius 3 is 2.23 bits per heavy atom. The van der Waals surface area contributed by atoms with Gasteiger partial charge in [0.2, 0.25) is 0 Å². The topological polar surface area (TPSA) is 114 Å². The standard InChI is InChI=1S/C26H35N3O5S/c1-17-18(2)26(3,4)16-22(17)27-25(31)29-35(32,33)21-13-11-19(12-14-21)15-23(34-5)28-24(30)20-9-7-6-8-10-20/h6-14,17-18,22-23H,15-16H2,1-5H3,(H,28,30)(H2,27,29,31). The Labute approximate surface area is 207 Å². The number of urea groups is 1. The Hall–Kier alpha value is -2.91. The molecular weight excluding hydrogens is 466 g/mol. The lowest BCUT2D eigenvalue weighted by molar-refractivity contribution is 0.0582. The second-order valence-corrected chi connectivity index (χ2v) is 11.6. The van der Waals surface area contributed by atoms with Gasteiger partial charge in [-0.2, -0.15) is 0 Å². The zero-order chi connectivity index (χ0) is 25.8. The van der Waals surface area contributed by atoms with E-state index >= 15 is 0 Å². The van der Waals surface area contributed by atoms with E-state index < -0.39 is 22.3 Å². The fourth-order valence-corrected chi connectivity index (χ4v) is 5.51. The van der Waals surface area contributed by atoms with E-state index in [9.17, 15) is 18.0 Å². The van der Waals surface area contributed by atoms with Crippen LogP contribution in [0.1, 0.15) is 50.0 Å². The fourth-order valence-electron chi connectivity index (χ4n) is 4.59. The molecule has 190 valence electrons. The number of carbonyl (C=O) groups is 2. The zero-order valence-corrected chi connectivity index (χ0v) is 21.7. The van der Waals surface area contributed by atoms with Crippen LogP contribution in [-0.4, -0.2) is 39.7 Å². The van der Waals surface area contributed by atoms with Crippen molar-refractivity contribution in [3.8, 4) is 0 Å². The number of carbonyl (C=O) groups excluding carboxylic acids is 2. The summed E-state index contributed by atoms with van der Waals surface area (Å²) in [6.07, 6.45) is 0.546. The van der Waals surface area contributed by atoms with Crippen LogP contribution in [-0.2, 0) is 21.2 Å². The molecule has 4 unspecified atom stereocenters. The van der Waals surface area contributed by atoms with Crippen LogP contribution in [0.25, 0.3) is 0 Å². The molecule has 1 aliphatic carbocycles. The Kier molecular flexibility index (Phi) is 8.22. The lowest BCUT2D eigenvalue weighted by Gasteiger charge is -2.24. The van der Waals surface area contributed by atoms with Crippen molar-refractivity contribution < 1.29 is 22.7 Å². The normalized spacial score (nSPS) is 22.3. The first-order valence-corrected chi connectivity index (χ1v) is 13.2. The molecule has 35 heavy (non-hydrogen) atoms. The first-order valence-electron chi connectivity index (χ1n) is 11.7. The second kappa shape index (κ2) is 10.8. The number of sulfonamides is 1. The summed E-state index contributed by atoms with van der Waals surface area (Å²) in [7, 11) is -2.54. The number of amides is 3. The first kappa shape index (κ1) is 26.7. The molecule has 0 heterocycles. The molecule has 8 nitrogen and oxygen atoms in total. The minimum Gasteiger partial charge on any atom is -0.361 e. The molecule has 1 aliphatic rings. The Balaban J connectivity index is 1.58. The van der Waals surface area contributed by atoms with Gasteiger partial charge in [-0.05, 0) is 53.5 Å². The molecule has 3 amide bonds. The fraction of sp³-hybridized carbons (Fsp3) is 0.462. The van der Waals surface area contributed by atoms with E-state index in [4.69, 9.17) is 4.74 Å². The third-order valence-corrected chi connectivity index (χ3v) is 8.56. The number of methoxy groups -OCH3 is 1. The van der Waals surface area contributed by atoms with Gasteiger partial charge in [-0.15, -0.1) is 0 Å². The summed E-state index contributed by atoms with van der Waals surface area (Å²) in [5, 5.41) is 5.64. The van der Waals surface area contributed by atoms with Crippen molar-refractivity contribution in [2.24, 2.45) is 17.3 Å². The van der Waals surface area contributed by atoms with Crippen LogP contribution < -0.4 is 15.4 Å². The molecule has 0 bridgehead atoms. The van der Waals surface area contributed by atoms with E-state index in [0.29, 0.717) is 17.9 Å². The average molecular weight is 502 g/mol. The van der Waals surface area contributed by atoms with E-state index in [-0.39, 0.29) is 28.2 Å². The number of hydrogen-bond acceptors (Lipinski definition) is 5. The summed E-state index contributed by atoms with van der Waals surface area (Å²) in [5.74, 6) is 0.389. The van der Waals surface area contributed by atoms with E-state index in [1.165, 1.54) is 19.2 Å². The van der Waals surface area contributed by atoms with Gasteiger partial charge >= 0.3 is 6.03 Å². The minimum absolute atomic E-state index is 0.0214. The molecule has 0 saturated heterocycles. The molecular formula is C26H35N3O5S. The number of benzene rings is 2. The Morgan fingerprint density at radius 1 is 1.06 bits per heavy atom. The molecule has 4 atom stereocenters. The number of nitrogens with one attached hydrogen (secondary N) is 3. The maximum atomic E-state index is 12.7. The molecule has 3 N–H and O–H groups in total. The molecule has 2 aromatic carbocycles. The predicted molar refractivity (Wildman–Crippen MR) is 134 cm³/mol. The van der Waals surface area contributed by atoms with Crippen molar-refractivity contribution in [1.29, 1.82) is 0 Å². The maximum absolute atomic E-state index is 12.7. The van der Waals surface area contributed by atoms with Gasteiger partial charge < -0.3 is 15.4 Å². The monoisotopic (exact) mass is 501 g/mol. The van der Waals surface area contributed by atoms with Crippen LogP contribution in [0, 0.1) is 17.3 Å². The summed E-state index contributed by atoms with van der Waals surface area (Å²) in [6.45, 7) is 8.55. The van der Waals surface area contributed by atoms with Gasteiger partial charge in [-0.25, -0.2) is 17.9 Å². The van der Waals surface area contributed by atoms with E-state index in [1.807, 2.05) is 6.07 Å². The number of hydrogen-bond donors (Lipinski definition) is 3. The molecule has 9 heteroatoms. The third-order valence-electron chi connectivity index (χ3n) is 7.21. The summed E-state index contributed by atoms with van der Waals surface area (Å²) in [5.41, 5.74) is 1.36. The SMILES string of the molecule is COC(Cc1ccc(S(=O)(=O)NC(=O)NC2CC(C)(C)C(C)C2C)cc1)NC(=O)c1ccccc1. The van der Waals surface area contributed by atoms with Gasteiger partial charge in [-0.3, -0.25) is 4.79 Å². The van der Waals surface area contributed by atoms with Gasteiger partial charge in [-0.1, -0.05) is 58.0 Å². The largest absolute Gasteiger partial charge is 0.361 e. The summed E-state index contributed by atoms with van der Waals surface area (Å²) in [4.78, 5) is 24.8. The summed E-state index contributed by atoms with van der Waals surface area (Å²) < 4.78 is 32.9. The highest BCUT2D eigenvalue weighted by atomic mass is 32.2. The molecule has 0 spiro atoms. The molecule has 0 aromatic heterocycles. The van der Waals surface area contributed by atoms with E-state index in [1.54, 1.807) is 36.4 Å². The predicted octanol–water partition coefficient (Wildman–Crippen LogP) is 3.69. The van der Waals surface area contributed by atoms with Gasteiger partial charge in [0.25, 0.3) is 15.9 Å². The quantitative estimate of drug-likeness (QED) is 0.478. The average Bonchev–Trinajstić information content (AvgIpc) is 3.01. The number of ether oxygens (including phenoxy) is 1. The lowest BCUT2D eigenvalue weighted by atomic mass is 9.81. The van der Waals surface area contributed by atoms with Crippen molar-refractivity contribution >= 4 is 22.0 Å². The molecule has 1 fully saturated rings. The third kappa shape index (κ3) is 6.61. The molecule has 1 saturated carbocycles. The summed E-state index contributed by atoms with van der Waals surface area (Å²) >= 11 is 0. The highest BCUT2D eigenvalue weighted by Gasteiger charge is 2.43. The van der Waals surface area contributed by atoms with Crippen LogP contribution in [0.5, 0.6) is 0 Å². The molecule has 3 rings (SSSR count). The smallest absolute Gasteiger partial charge is 0.328 e. The Bertz CT molecular complexity index is 1130. The molecule has 0 radical (unpaired) electrons. The highest BCUT2D eigenvalue weighted by Crippen LogP contribution is 2.46. The maximum Gasteiger partial charge on any atom is 0.328 e. The minimum atomic E-state index is -4.03. The van der Waals surface area contributed by atoms with Crippen LogP contribution >= 0.6 is 0 Å². The van der Waals surface area contributed by atoms with Crippen molar-refractivity contribution in [2.45, 2.75) is 57.7 Å². The molecule has 0 aliphatic heterocycles. The highest BCUT2D eigenvalue weighted by molar-refractivity contribution is 7.90. The van der Waals surface area contributed by atoms with Gasteiger partial charge in [0, 0.05) is 25.1 Å². The Morgan fingerprint density at radius 2 is 1.69 bits per heavy atom. The lowest BCUT2D eigenvalue weighted by Crippen LogP contribution is -2.45. The van der Waals surface area contributed by atoms with Crippen molar-refractivity contribution in [3.05, 3.63) is 65.7 Å². The van der Waals surface area contributed by atoms with Crippen molar-refractivity contribution in [3.63, 3.8) is 0 Å².